The van der Waals surface area contributed by atoms with Crippen molar-refractivity contribution >= 4 is 5.65 Å². The number of rotatable bonds is 6. The van der Waals surface area contributed by atoms with Gasteiger partial charge in [0.1, 0.15) is 0 Å². The standard InChI is InChI=1S/C21H20N4O3/c1-27-18-6-4-14(11-19(18)28-2)3-5-16-12-21(26)25-20(23-16)13-17(24-25)15-7-9-22-10-8-15/h4,6-13,24H,3,5H2,1-2H3. The molecule has 3 aromatic heterocycles. The Hall–Kier alpha value is -3.61. The fourth-order valence-electron chi connectivity index (χ4n) is 3.16. The molecule has 1 N–H and O–H groups in total. The predicted molar refractivity (Wildman–Crippen MR) is 106 cm³/mol. The second-order valence-electron chi connectivity index (χ2n) is 6.37. The van der Waals surface area contributed by atoms with Gasteiger partial charge in [-0.15, -0.1) is 0 Å². The molecule has 0 aliphatic carbocycles. The SMILES string of the molecule is COc1ccc(CCc2cc(=O)n3[nH]c(-c4ccncc4)cc3n2)cc1OC. The first-order chi connectivity index (χ1) is 13.7. The van der Waals surface area contributed by atoms with Crippen LogP contribution in [0, 0.1) is 0 Å². The highest BCUT2D eigenvalue weighted by atomic mass is 16.5. The molecule has 28 heavy (non-hydrogen) atoms. The summed E-state index contributed by atoms with van der Waals surface area (Å²) in [5.74, 6) is 1.39. The van der Waals surface area contributed by atoms with E-state index in [1.807, 2.05) is 36.4 Å². The first-order valence-electron chi connectivity index (χ1n) is 8.91. The molecular weight excluding hydrogens is 356 g/mol. The van der Waals surface area contributed by atoms with Crippen LogP contribution in [-0.4, -0.2) is 33.8 Å². The van der Waals surface area contributed by atoms with Crippen molar-refractivity contribution in [2.45, 2.75) is 12.8 Å². The molecule has 0 fully saturated rings. The van der Waals surface area contributed by atoms with Crippen LogP contribution in [0.25, 0.3) is 16.9 Å². The second-order valence-corrected chi connectivity index (χ2v) is 6.37. The maximum atomic E-state index is 12.5. The Bertz CT molecular complexity index is 1170. The lowest BCUT2D eigenvalue weighted by Gasteiger charge is -2.09. The van der Waals surface area contributed by atoms with Crippen LogP contribution in [-0.2, 0) is 12.8 Å². The summed E-state index contributed by atoms with van der Waals surface area (Å²) >= 11 is 0. The minimum atomic E-state index is -0.132. The molecule has 0 unspecified atom stereocenters. The lowest BCUT2D eigenvalue weighted by atomic mass is 10.1. The number of benzene rings is 1. The molecule has 4 rings (SSSR count). The van der Waals surface area contributed by atoms with E-state index in [0.717, 1.165) is 28.9 Å². The highest BCUT2D eigenvalue weighted by Crippen LogP contribution is 2.28. The number of aromatic nitrogens is 4. The van der Waals surface area contributed by atoms with Gasteiger partial charge in [-0.3, -0.25) is 14.9 Å². The van der Waals surface area contributed by atoms with Crippen molar-refractivity contribution in [2.24, 2.45) is 0 Å². The Morgan fingerprint density at radius 3 is 2.50 bits per heavy atom. The number of hydrogen-bond acceptors (Lipinski definition) is 5. The number of methoxy groups -OCH3 is 2. The van der Waals surface area contributed by atoms with E-state index in [9.17, 15) is 4.79 Å². The van der Waals surface area contributed by atoms with E-state index in [1.54, 1.807) is 32.7 Å². The van der Waals surface area contributed by atoms with Crippen LogP contribution in [0.3, 0.4) is 0 Å². The summed E-state index contributed by atoms with van der Waals surface area (Å²) < 4.78 is 12.1. The third kappa shape index (κ3) is 3.46. The Morgan fingerprint density at radius 1 is 0.964 bits per heavy atom. The smallest absolute Gasteiger partial charge is 0.272 e. The van der Waals surface area contributed by atoms with E-state index in [2.05, 4.69) is 15.1 Å². The van der Waals surface area contributed by atoms with Crippen LogP contribution in [0.4, 0.5) is 0 Å². The zero-order valence-corrected chi connectivity index (χ0v) is 15.7. The van der Waals surface area contributed by atoms with Gasteiger partial charge in [0, 0.05) is 35.8 Å². The molecule has 0 aliphatic rings. The first-order valence-corrected chi connectivity index (χ1v) is 8.91. The van der Waals surface area contributed by atoms with Crippen molar-refractivity contribution in [3.63, 3.8) is 0 Å². The molecule has 4 aromatic rings. The highest BCUT2D eigenvalue weighted by Gasteiger charge is 2.09. The van der Waals surface area contributed by atoms with Gasteiger partial charge in [0.25, 0.3) is 5.56 Å². The summed E-state index contributed by atoms with van der Waals surface area (Å²) in [6, 6.07) is 13.0. The van der Waals surface area contributed by atoms with E-state index in [1.165, 1.54) is 4.52 Å². The number of nitrogens with one attached hydrogen (secondary N) is 1. The molecule has 7 nitrogen and oxygen atoms in total. The van der Waals surface area contributed by atoms with E-state index in [4.69, 9.17) is 9.47 Å². The third-order valence-corrected chi connectivity index (χ3v) is 4.61. The fraction of sp³-hybridized carbons (Fsp3) is 0.190. The number of nitrogens with zero attached hydrogens (tertiary/aromatic N) is 3. The van der Waals surface area contributed by atoms with Gasteiger partial charge in [0.05, 0.1) is 19.9 Å². The molecule has 0 aliphatic heterocycles. The van der Waals surface area contributed by atoms with E-state index in [-0.39, 0.29) is 5.56 Å². The van der Waals surface area contributed by atoms with Gasteiger partial charge in [-0.25, -0.2) is 9.50 Å². The molecular formula is C21H20N4O3. The fourth-order valence-corrected chi connectivity index (χ4v) is 3.16. The lowest BCUT2D eigenvalue weighted by molar-refractivity contribution is 0.354. The Labute approximate surface area is 161 Å². The summed E-state index contributed by atoms with van der Waals surface area (Å²) in [6.45, 7) is 0. The molecule has 0 radical (unpaired) electrons. The monoisotopic (exact) mass is 376 g/mol. The maximum Gasteiger partial charge on any atom is 0.272 e. The summed E-state index contributed by atoms with van der Waals surface area (Å²) in [7, 11) is 3.23. The summed E-state index contributed by atoms with van der Waals surface area (Å²) in [5, 5.41) is 3.09. The zero-order valence-electron chi connectivity index (χ0n) is 15.7. The van der Waals surface area contributed by atoms with Gasteiger partial charge >= 0.3 is 0 Å². The van der Waals surface area contributed by atoms with Crippen molar-refractivity contribution in [3.05, 3.63) is 76.5 Å². The molecule has 0 spiro atoms. The normalized spacial score (nSPS) is 10.9. The van der Waals surface area contributed by atoms with Crippen LogP contribution in [0.15, 0.2) is 59.7 Å². The van der Waals surface area contributed by atoms with E-state index in [0.29, 0.717) is 23.6 Å². The minimum absolute atomic E-state index is 0.132. The van der Waals surface area contributed by atoms with E-state index < -0.39 is 0 Å². The first kappa shape index (κ1) is 17.8. The van der Waals surface area contributed by atoms with E-state index >= 15 is 0 Å². The molecule has 0 saturated heterocycles. The number of pyridine rings is 1. The van der Waals surface area contributed by atoms with Crippen molar-refractivity contribution in [3.8, 4) is 22.8 Å². The van der Waals surface area contributed by atoms with Gasteiger partial charge in [-0.05, 0) is 42.7 Å². The van der Waals surface area contributed by atoms with Crippen LogP contribution in [0.5, 0.6) is 11.5 Å². The number of aromatic amines is 1. The molecule has 0 atom stereocenters. The van der Waals surface area contributed by atoms with Gasteiger partial charge < -0.3 is 9.47 Å². The number of hydrogen-bond donors (Lipinski definition) is 1. The molecule has 3 heterocycles. The lowest BCUT2D eigenvalue weighted by Crippen LogP contribution is -2.15. The average molecular weight is 376 g/mol. The molecule has 1 aromatic carbocycles. The maximum absolute atomic E-state index is 12.5. The average Bonchev–Trinajstić information content (AvgIpc) is 3.17. The van der Waals surface area contributed by atoms with Crippen LogP contribution in [0.2, 0.25) is 0 Å². The summed E-state index contributed by atoms with van der Waals surface area (Å²) in [6.07, 6.45) is 4.82. The van der Waals surface area contributed by atoms with Crippen molar-refractivity contribution in [1.82, 2.24) is 19.6 Å². The third-order valence-electron chi connectivity index (χ3n) is 4.61. The van der Waals surface area contributed by atoms with Gasteiger partial charge in [-0.2, -0.15) is 0 Å². The number of aryl methyl sites for hydroxylation is 2. The van der Waals surface area contributed by atoms with Crippen LogP contribution >= 0.6 is 0 Å². The van der Waals surface area contributed by atoms with Crippen molar-refractivity contribution in [2.75, 3.05) is 14.2 Å². The molecule has 7 heteroatoms. The quantitative estimate of drug-likeness (QED) is 0.560. The number of fused-ring (bicyclic) bond motifs is 1. The van der Waals surface area contributed by atoms with Crippen LogP contribution in [0.1, 0.15) is 11.3 Å². The van der Waals surface area contributed by atoms with Gasteiger partial charge in [0.2, 0.25) is 0 Å². The van der Waals surface area contributed by atoms with Crippen molar-refractivity contribution in [1.29, 1.82) is 0 Å². The number of ether oxygens (including phenoxy) is 2. The zero-order chi connectivity index (χ0) is 19.5. The van der Waals surface area contributed by atoms with Gasteiger partial charge in [-0.1, -0.05) is 6.07 Å². The second kappa shape index (κ2) is 7.56. The number of H-pyrrole nitrogens is 1. The summed E-state index contributed by atoms with van der Waals surface area (Å²) in [5.41, 5.74) is 4.08. The Kier molecular flexibility index (Phi) is 4.80. The topological polar surface area (TPSA) is 81.5 Å². The molecule has 142 valence electrons. The molecule has 0 amide bonds. The molecule has 0 saturated carbocycles. The molecule has 0 bridgehead atoms. The van der Waals surface area contributed by atoms with Crippen LogP contribution < -0.4 is 15.0 Å². The Balaban J connectivity index is 1.59. The highest BCUT2D eigenvalue weighted by molar-refractivity contribution is 5.63. The Morgan fingerprint density at radius 2 is 1.75 bits per heavy atom. The largest absolute Gasteiger partial charge is 0.493 e. The minimum Gasteiger partial charge on any atom is -0.493 e. The van der Waals surface area contributed by atoms with Gasteiger partial charge in [0.15, 0.2) is 17.1 Å². The predicted octanol–water partition coefficient (Wildman–Crippen LogP) is 2.89. The summed E-state index contributed by atoms with van der Waals surface area (Å²) in [4.78, 5) is 21.1. The van der Waals surface area contributed by atoms with Crippen molar-refractivity contribution < 1.29 is 9.47 Å².